The molecule has 0 radical (unpaired) electrons. The third-order valence-electron chi connectivity index (χ3n) is 3.29. The van der Waals surface area contributed by atoms with Crippen molar-refractivity contribution in [3.8, 4) is 0 Å². The molecule has 0 aliphatic carbocycles. The highest BCUT2D eigenvalue weighted by Crippen LogP contribution is 2.31. The van der Waals surface area contributed by atoms with Gasteiger partial charge in [0.15, 0.2) is 0 Å². The highest BCUT2D eigenvalue weighted by Gasteiger charge is 2.19. The fraction of sp³-hybridized carbons (Fsp3) is 1.00. The summed E-state index contributed by atoms with van der Waals surface area (Å²) in [6, 6.07) is 0. The monoisotopic (exact) mass is 212 g/mol. The molecule has 0 fully saturated rings. The summed E-state index contributed by atoms with van der Waals surface area (Å²) in [4.78, 5) is 0. The molecule has 0 aromatic rings. The molecule has 0 aliphatic heterocycles. The Morgan fingerprint density at radius 2 is 1.60 bits per heavy atom. The third kappa shape index (κ3) is 8.96. The van der Waals surface area contributed by atoms with Gasteiger partial charge in [-0.25, -0.2) is 0 Å². The van der Waals surface area contributed by atoms with Crippen LogP contribution in [0.4, 0.5) is 0 Å². The van der Waals surface area contributed by atoms with Crippen LogP contribution in [0, 0.1) is 17.3 Å². The van der Waals surface area contributed by atoms with Gasteiger partial charge in [0.1, 0.15) is 0 Å². The first kappa shape index (κ1) is 15.0. The molecule has 0 rings (SSSR count). The molecule has 0 spiro atoms. The van der Waals surface area contributed by atoms with Crippen molar-refractivity contribution in [1.29, 1.82) is 0 Å². The van der Waals surface area contributed by atoms with Crippen molar-refractivity contribution < 1.29 is 0 Å². The molecule has 1 atom stereocenters. The van der Waals surface area contributed by atoms with Crippen molar-refractivity contribution >= 4 is 0 Å². The Morgan fingerprint density at radius 3 is 2.07 bits per heavy atom. The zero-order valence-corrected chi connectivity index (χ0v) is 11.9. The smallest absolute Gasteiger partial charge is 0.0352 e. The lowest BCUT2D eigenvalue weighted by Gasteiger charge is -2.27. The van der Waals surface area contributed by atoms with Crippen molar-refractivity contribution in [3.05, 3.63) is 0 Å². The van der Waals surface area contributed by atoms with Crippen LogP contribution in [0.3, 0.4) is 0 Å². The topological polar surface area (TPSA) is 0 Å². The van der Waals surface area contributed by atoms with Crippen LogP contribution in [-0.4, -0.2) is 0 Å². The Labute approximate surface area is 97.8 Å². The minimum Gasteiger partial charge on any atom is -0.0654 e. The lowest BCUT2D eigenvalue weighted by molar-refractivity contribution is 0.250. The van der Waals surface area contributed by atoms with Crippen LogP contribution in [0.15, 0.2) is 0 Å². The summed E-state index contributed by atoms with van der Waals surface area (Å²) in [6.45, 7) is 14.2. The van der Waals surface area contributed by atoms with Crippen molar-refractivity contribution in [2.75, 3.05) is 0 Å². The Hall–Kier alpha value is 0. The molecule has 0 saturated carbocycles. The van der Waals surface area contributed by atoms with E-state index >= 15 is 0 Å². The van der Waals surface area contributed by atoms with E-state index in [1.165, 1.54) is 38.5 Å². The SMILES string of the molecule is CCCC(C)CCCC(C)(C)CC(C)C. The third-order valence-corrected chi connectivity index (χ3v) is 3.29. The average molecular weight is 212 g/mol. The molecular formula is C15H32. The van der Waals surface area contributed by atoms with E-state index in [0.717, 1.165) is 11.8 Å². The maximum atomic E-state index is 2.43. The quantitative estimate of drug-likeness (QED) is 0.486. The van der Waals surface area contributed by atoms with Crippen molar-refractivity contribution in [2.24, 2.45) is 17.3 Å². The molecule has 0 saturated heterocycles. The van der Waals surface area contributed by atoms with Crippen LogP contribution in [0.1, 0.15) is 80.1 Å². The fourth-order valence-electron chi connectivity index (χ4n) is 2.77. The maximum absolute atomic E-state index is 2.43. The summed E-state index contributed by atoms with van der Waals surface area (Å²) in [5, 5.41) is 0. The molecule has 0 bridgehead atoms. The minimum absolute atomic E-state index is 0.556. The van der Waals surface area contributed by atoms with Crippen LogP contribution >= 0.6 is 0 Å². The van der Waals surface area contributed by atoms with Gasteiger partial charge in [-0.05, 0) is 30.1 Å². The first-order valence-corrected chi connectivity index (χ1v) is 6.87. The zero-order valence-electron chi connectivity index (χ0n) is 11.9. The van der Waals surface area contributed by atoms with E-state index in [0.29, 0.717) is 5.41 Å². The molecule has 15 heavy (non-hydrogen) atoms. The molecule has 0 N–H and O–H groups in total. The van der Waals surface area contributed by atoms with Gasteiger partial charge in [-0.2, -0.15) is 0 Å². The van der Waals surface area contributed by atoms with Crippen molar-refractivity contribution in [1.82, 2.24) is 0 Å². The molecule has 0 aromatic carbocycles. The van der Waals surface area contributed by atoms with Gasteiger partial charge in [0.05, 0.1) is 0 Å². The Morgan fingerprint density at radius 1 is 1.00 bits per heavy atom. The summed E-state index contributed by atoms with van der Waals surface area (Å²) in [5.74, 6) is 1.78. The van der Waals surface area contributed by atoms with Crippen LogP contribution < -0.4 is 0 Å². The molecule has 92 valence electrons. The summed E-state index contributed by atoms with van der Waals surface area (Å²) in [7, 11) is 0. The molecule has 1 unspecified atom stereocenters. The molecule has 0 amide bonds. The predicted molar refractivity (Wildman–Crippen MR) is 71.2 cm³/mol. The first-order valence-electron chi connectivity index (χ1n) is 6.87. The largest absolute Gasteiger partial charge is 0.0654 e. The van der Waals surface area contributed by atoms with Crippen LogP contribution in [0.5, 0.6) is 0 Å². The lowest BCUT2D eigenvalue weighted by Crippen LogP contribution is -2.14. The highest BCUT2D eigenvalue weighted by molar-refractivity contribution is 4.70. The Balaban J connectivity index is 3.65. The van der Waals surface area contributed by atoms with Crippen LogP contribution in [-0.2, 0) is 0 Å². The molecule has 0 aliphatic rings. The van der Waals surface area contributed by atoms with E-state index in [1.807, 2.05) is 0 Å². The normalized spacial score (nSPS) is 14.6. The number of hydrogen-bond acceptors (Lipinski definition) is 0. The maximum Gasteiger partial charge on any atom is -0.0352 e. The van der Waals surface area contributed by atoms with Crippen molar-refractivity contribution in [3.63, 3.8) is 0 Å². The van der Waals surface area contributed by atoms with Gasteiger partial charge in [-0.15, -0.1) is 0 Å². The van der Waals surface area contributed by atoms with E-state index in [4.69, 9.17) is 0 Å². The number of hydrogen-bond donors (Lipinski definition) is 0. The van der Waals surface area contributed by atoms with Gasteiger partial charge < -0.3 is 0 Å². The molecule has 0 heteroatoms. The van der Waals surface area contributed by atoms with Gasteiger partial charge in [-0.1, -0.05) is 67.2 Å². The van der Waals surface area contributed by atoms with Crippen LogP contribution in [0.25, 0.3) is 0 Å². The second-order valence-electron chi connectivity index (χ2n) is 6.55. The molecular weight excluding hydrogens is 180 g/mol. The van der Waals surface area contributed by atoms with Gasteiger partial charge >= 0.3 is 0 Å². The van der Waals surface area contributed by atoms with Gasteiger partial charge in [0.25, 0.3) is 0 Å². The van der Waals surface area contributed by atoms with Crippen molar-refractivity contribution in [2.45, 2.75) is 80.1 Å². The Kier molecular flexibility index (Phi) is 7.30. The molecule has 0 heterocycles. The molecule has 0 nitrogen and oxygen atoms in total. The summed E-state index contributed by atoms with van der Waals surface area (Å²) >= 11 is 0. The highest BCUT2D eigenvalue weighted by atomic mass is 14.2. The summed E-state index contributed by atoms with van der Waals surface area (Å²) in [6.07, 6.45) is 8.37. The standard InChI is InChI=1S/C15H32/c1-7-9-14(4)10-8-11-15(5,6)12-13(2)3/h13-14H,7-12H2,1-6H3. The summed E-state index contributed by atoms with van der Waals surface area (Å²) < 4.78 is 0. The van der Waals surface area contributed by atoms with Gasteiger partial charge in [0.2, 0.25) is 0 Å². The van der Waals surface area contributed by atoms with E-state index < -0.39 is 0 Å². The van der Waals surface area contributed by atoms with Crippen LogP contribution in [0.2, 0.25) is 0 Å². The lowest BCUT2D eigenvalue weighted by atomic mass is 9.79. The van der Waals surface area contributed by atoms with Gasteiger partial charge in [0, 0.05) is 0 Å². The average Bonchev–Trinajstić information content (AvgIpc) is 2.01. The van der Waals surface area contributed by atoms with E-state index in [1.54, 1.807) is 0 Å². The number of rotatable bonds is 8. The second-order valence-corrected chi connectivity index (χ2v) is 6.55. The van der Waals surface area contributed by atoms with E-state index in [2.05, 4.69) is 41.5 Å². The fourth-order valence-corrected chi connectivity index (χ4v) is 2.77. The predicted octanol–water partition coefficient (Wildman–Crippen LogP) is 5.67. The first-order chi connectivity index (χ1) is 6.87. The summed E-state index contributed by atoms with van der Waals surface area (Å²) in [5.41, 5.74) is 0.556. The molecule has 0 aromatic heterocycles. The van der Waals surface area contributed by atoms with Gasteiger partial charge in [-0.3, -0.25) is 0 Å². The minimum atomic E-state index is 0.556. The second kappa shape index (κ2) is 7.30. The van der Waals surface area contributed by atoms with E-state index in [-0.39, 0.29) is 0 Å². The van der Waals surface area contributed by atoms with E-state index in [9.17, 15) is 0 Å². The Bertz CT molecular complexity index is 144. The zero-order chi connectivity index (χ0) is 11.9.